The number of halogens is 4. The van der Waals surface area contributed by atoms with Crippen molar-refractivity contribution in [3.63, 3.8) is 0 Å². The Morgan fingerprint density at radius 2 is 1.80 bits per heavy atom. The van der Waals surface area contributed by atoms with Crippen LogP contribution in [0.4, 0.5) is 33.7 Å². The molecule has 2 N–H and O–H groups in total. The zero-order valence-electron chi connectivity index (χ0n) is 22.8. The predicted octanol–water partition coefficient (Wildman–Crippen LogP) is 5.51. The van der Waals surface area contributed by atoms with Crippen LogP contribution in [-0.2, 0) is 25.7 Å². The molecule has 2 aromatic carbocycles. The second-order valence-corrected chi connectivity index (χ2v) is 13.1. The van der Waals surface area contributed by atoms with E-state index >= 15 is 0 Å². The number of alkyl halides is 3. The van der Waals surface area contributed by atoms with Crippen molar-refractivity contribution in [3.8, 4) is 5.75 Å². The van der Waals surface area contributed by atoms with Gasteiger partial charge in [0.15, 0.2) is 0 Å². The van der Waals surface area contributed by atoms with Crippen LogP contribution in [0, 0.1) is 5.82 Å². The highest BCUT2D eigenvalue weighted by molar-refractivity contribution is 7.92. The Labute approximate surface area is 239 Å². The van der Waals surface area contributed by atoms with E-state index < -0.39 is 50.8 Å². The number of nitrogens with one attached hydrogen (secondary N) is 2. The molecule has 0 bridgehead atoms. The largest absolute Gasteiger partial charge is 0.485 e. The Balaban J connectivity index is 1.85. The zero-order chi connectivity index (χ0) is 30.4. The summed E-state index contributed by atoms with van der Waals surface area (Å²) in [7, 11) is -5.65. The van der Waals surface area contributed by atoms with E-state index in [4.69, 9.17) is 4.74 Å². The molecule has 9 nitrogen and oxygen atoms in total. The monoisotopic (exact) mass is 623 g/mol. The Bertz CT molecular complexity index is 1340. The number of unbranched alkanes of at least 4 members (excludes halogenated alkanes) is 3. The molecule has 1 unspecified atom stereocenters. The van der Waals surface area contributed by atoms with Gasteiger partial charge in [-0.25, -0.2) is 26.5 Å². The van der Waals surface area contributed by atoms with Gasteiger partial charge >= 0.3 is 12.3 Å². The molecule has 0 aromatic heterocycles. The van der Waals surface area contributed by atoms with E-state index in [2.05, 4.69) is 21.7 Å². The fourth-order valence-electron chi connectivity index (χ4n) is 3.81. The molecule has 228 valence electrons. The average Bonchev–Trinajstić information content (AvgIpc) is 2.88. The van der Waals surface area contributed by atoms with Crippen molar-refractivity contribution < 1.29 is 44.5 Å². The highest BCUT2D eigenvalue weighted by Gasteiger charge is 2.51. The molecular formula is C26H33F4N3O6S2. The fraction of sp³-hybridized carbons (Fsp3) is 0.500. The third-order valence-electron chi connectivity index (χ3n) is 6.22. The average molecular weight is 624 g/mol. The lowest BCUT2D eigenvalue weighted by atomic mass is 10.1. The van der Waals surface area contributed by atoms with E-state index in [1.807, 2.05) is 0 Å². The van der Waals surface area contributed by atoms with Gasteiger partial charge in [-0.2, -0.15) is 13.2 Å². The molecule has 1 heterocycles. The number of hydrogen-bond acceptors (Lipinski definition) is 6. The maximum atomic E-state index is 13.6. The highest BCUT2D eigenvalue weighted by atomic mass is 32.2. The van der Waals surface area contributed by atoms with Gasteiger partial charge in [-0.05, 0) is 62.7 Å². The van der Waals surface area contributed by atoms with Gasteiger partial charge in [-0.15, -0.1) is 0 Å². The number of anilines is 2. The van der Waals surface area contributed by atoms with Crippen molar-refractivity contribution >= 4 is 38.5 Å². The summed E-state index contributed by atoms with van der Waals surface area (Å²) >= 11 is 0. The van der Waals surface area contributed by atoms with Gasteiger partial charge in [0.05, 0.1) is 28.1 Å². The topological polar surface area (TPSA) is 114 Å². The van der Waals surface area contributed by atoms with Gasteiger partial charge in [-0.3, -0.25) is 9.62 Å². The standard InChI is InChI=1S/C26H33F4N3O6S2/c1-4-5-6-7-14-40(35)31-16-20-17-33(41(36,37)21-11-8-18(27)9-12-21)22-15-19(10-13-23(22)38-20)32-24(34)39-25(2,3)26(28,29)30/h8-13,15,20,31H,4-7,14,16-17H2,1-3H3,(H,32,34)/t20-,40?/m0/s1. The van der Waals surface area contributed by atoms with Crippen LogP contribution in [0.15, 0.2) is 47.4 Å². The van der Waals surface area contributed by atoms with Crippen molar-refractivity contribution in [3.05, 3.63) is 48.3 Å². The lowest BCUT2D eigenvalue weighted by Gasteiger charge is -2.36. The zero-order valence-corrected chi connectivity index (χ0v) is 24.4. The van der Waals surface area contributed by atoms with Crippen molar-refractivity contribution in [1.82, 2.24) is 4.72 Å². The number of sulfonamides is 1. The summed E-state index contributed by atoms with van der Waals surface area (Å²) in [6.07, 6.45) is -3.21. The van der Waals surface area contributed by atoms with E-state index in [0.717, 1.165) is 54.3 Å². The van der Waals surface area contributed by atoms with Gasteiger partial charge in [0.25, 0.3) is 10.0 Å². The molecule has 2 aromatic rings. The van der Waals surface area contributed by atoms with Crippen molar-refractivity contribution in [2.24, 2.45) is 0 Å². The van der Waals surface area contributed by atoms with Crippen molar-refractivity contribution in [1.29, 1.82) is 0 Å². The first-order chi connectivity index (χ1) is 19.1. The molecule has 2 atom stereocenters. The smallest absolute Gasteiger partial charge is 0.427 e. The number of fused-ring (bicyclic) bond motifs is 1. The first-order valence-electron chi connectivity index (χ1n) is 12.9. The van der Waals surface area contributed by atoms with Crippen LogP contribution in [0.3, 0.4) is 0 Å². The Hall–Kier alpha value is -2.91. The number of rotatable bonds is 12. The Morgan fingerprint density at radius 3 is 2.44 bits per heavy atom. The summed E-state index contributed by atoms with van der Waals surface area (Å²) in [5, 5.41) is 2.18. The number of amides is 1. The lowest BCUT2D eigenvalue weighted by molar-refractivity contribution is -0.242. The van der Waals surface area contributed by atoms with E-state index in [1.54, 1.807) is 0 Å². The first-order valence-corrected chi connectivity index (χ1v) is 15.7. The highest BCUT2D eigenvalue weighted by Crippen LogP contribution is 2.39. The minimum atomic E-state index is -4.82. The third-order valence-corrected chi connectivity index (χ3v) is 9.17. The van der Waals surface area contributed by atoms with Crippen LogP contribution in [0.5, 0.6) is 5.75 Å². The molecule has 0 spiro atoms. The number of hydrogen-bond donors (Lipinski definition) is 2. The maximum absolute atomic E-state index is 13.6. The van der Waals surface area contributed by atoms with Gasteiger partial charge in [0, 0.05) is 18.0 Å². The number of carbonyl (C=O) groups is 1. The Morgan fingerprint density at radius 1 is 1.12 bits per heavy atom. The molecule has 1 aliphatic heterocycles. The molecule has 0 saturated carbocycles. The number of benzene rings is 2. The molecule has 41 heavy (non-hydrogen) atoms. The van der Waals surface area contributed by atoms with E-state index in [9.17, 15) is 35.0 Å². The molecule has 1 amide bonds. The second-order valence-electron chi connectivity index (χ2n) is 9.89. The van der Waals surface area contributed by atoms with Gasteiger partial charge in [0.1, 0.15) is 17.7 Å². The molecule has 3 rings (SSSR count). The van der Waals surface area contributed by atoms with Gasteiger partial charge < -0.3 is 9.47 Å². The molecule has 1 aliphatic rings. The number of nitrogens with zero attached hydrogens (tertiary/aromatic N) is 1. The van der Waals surface area contributed by atoms with Crippen molar-refractivity contribution in [2.45, 2.75) is 69.2 Å². The predicted molar refractivity (Wildman–Crippen MR) is 147 cm³/mol. The molecule has 15 heteroatoms. The summed E-state index contributed by atoms with van der Waals surface area (Å²) < 4.78 is 107. The summed E-state index contributed by atoms with van der Waals surface area (Å²) in [5.74, 6) is -0.115. The van der Waals surface area contributed by atoms with Crippen LogP contribution in [-0.4, -0.2) is 55.4 Å². The van der Waals surface area contributed by atoms with Crippen LogP contribution in [0.2, 0.25) is 0 Å². The maximum Gasteiger partial charge on any atom is 0.427 e. The first kappa shape index (κ1) is 32.6. The molecular weight excluding hydrogens is 590 g/mol. The van der Waals surface area contributed by atoms with Gasteiger partial charge in [0.2, 0.25) is 5.60 Å². The van der Waals surface area contributed by atoms with Gasteiger partial charge in [-0.1, -0.05) is 26.2 Å². The normalized spacial score (nSPS) is 16.5. The Kier molecular flexibility index (Phi) is 10.6. The van der Waals surface area contributed by atoms with E-state index in [-0.39, 0.29) is 35.1 Å². The van der Waals surface area contributed by atoms with E-state index in [1.165, 1.54) is 18.2 Å². The SMILES string of the molecule is CCCCCCS(=O)NC[C@H]1CN(S(=O)(=O)c2ccc(F)cc2)c2cc(NC(=O)OC(C)(C)C(F)(F)F)ccc2O1. The molecule has 0 aliphatic carbocycles. The van der Waals surface area contributed by atoms with Crippen LogP contribution in [0.1, 0.15) is 46.5 Å². The lowest BCUT2D eigenvalue weighted by Crippen LogP contribution is -2.48. The minimum absolute atomic E-state index is 0.0147. The number of carbonyl (C=O) groups excluding carboxylic acids is 1. The van der Waals surface area contributed by atoms with Crippen molar-refractivity contribution in [2.75, 3.05) is 28.5 Å². The summed E-state index contributed by atoms with van der Waals surface area (Å²) in [6.45, 7) is 3.27. The molecule has 0 saturated heterocycles. The summed E-state index contributed by atoms with van der Waals surface area (Å²) in [6, 6.07) is 8.05. The summed E-state index contributed by atoms with van der Waals surface area (Å²) in [4.78, 5) is 12.0. The second kappa shape index (κ2) is 13.4. The van der Waals surface area contributed by atoms with E-state index in [0.29, 0.717) is 19.6 Å². The third kappa shape index (κ3) is 8.55. The number of ether oxygens (including phenoxy) is 2. The van der Waals surface area contributed by atoms with Crippen LogP contribution < -0.4 is 19.1 Å². The minimum Gasteiger partial charge on any atom is -0.485 e. The fourth-order valence-corrected chi connectivity index (χ4v) is 6.29. The summed E-state index contributed by atoms with van der Waals surface area (Å²) in [5.41, 5.74) is -2.85. The van der Waals surface area contributed by atoms with Crippen LogP contribution >= 0.6 is 0 Å². The molecule has 0 radical (unpaired) electrons. The quantitative estimate of drug-likeness (QED) is 0.238. The van der Waals surface area contributed by atoms with Crippen LogP contribution in [0.25, 0.3) is 0 Å². The molecule has 0 fully saturated rings.